The molecule has 112 valence electrons. The molecule has 1 aromatic rings. The fourth-order valence-corrected chi connectivity index (χ4v) is 3.29. The van der Waals surface area contributed by atoms with Crippen LogP contribution in [0.15, 0.2) is 22.7 Å². The third kappa shape index (κ3) is 3.96. The van der Waals surface area contributed by atoms with E-state index in [1.165, 1.54) is 18.5 Å². The maximum Gasteiger partial charge on any atom is 0.0750 e. The second kappa shape index (κ2) is 7.43. The molecule has 0 bridgehead atoms. The van der Waals surface area contributed by atoms with Crippen LogP contribution in [-0.4, -0.2) is 25.8 Å². The molecule has 2 rings (SSSR count). The number of hydrogen-bond donors (Lipinski definition) is 1. The number of halogens is 1. The van der Waals surface area contributed by atoms with Gasteiger partial charge in [0.1, 0.15) is 0 Å². The molecule has 0 radical (unpaired) electrons. The normalized spacial score (nSPS) is 21.0. The van der Waals surface area contributed by atoms with Crippen molar-refractivity contribution in [1.82, 2.24) is 0 Å². The van der Waals surface area contributed by atoms with Gasteiger partial charge >= 0.3 is 0 Å². The molecule has 1 saturated heterocycles. The highest BCUT2D eigenvalue weighted by Gasteiger charge is 2.22. The molecule has 2 N–H and O–H groups in total. The lowest BCUT2D eigenvalue weighted by molar-refractivity contribution is 0.0440. The minimum atomic E-state index is 0.0716. The number of rotatable bonds is 5. The molecule has 1 aliphatic heterocycles. The lowest BCUT2D eigenvalue weighted by Gasteiger charge is -2.35. The van der Waals surface area contributed by atoms with Crippen molar-refractivity contribution in [2.45, 2.75) is 45.3 Å². The van der Waals surface area contributed by atoms with Crippen LogP contribution in [0.1, 0.15) is 44.7 Å². The Morgan fingerprint density at radius 1 is 1.50 bits per heavy atom. The maximum absolute atomic E-state index is 5.93. The van der Waals surface area contributed by atoms with E-state index in [-0.39, 0.29) is 6.04 Å². The van der Waals surface area contributed by atoms with E-state index in [0.717, 1.165) is 36.2 Å². The Hall–Kier alpha value is -0.580. The van der Waals surface area contributed by atoms with Crippen molar-refractivity contribution in [2.75, 3.05) is 24.6 Å². The van der Waals surface area contributed by atoms with Crippen molar-refractivity contribution >= 4 is 21.6 Å². The third-order valence-corrected chi connectivity index (χ3v) is 4.41. The van der Waals surface area contributed by atoms with Crippen molar-refractivity contribution in [1.29, 1.82) is 0 Å². The lowest BCUT2D eigenvalue weighted by Crippen LogP contribution is -2.40. The molecule has 1 fully saturated rings. The summed E-state index contributed by atoms with van der Waals surface area (Å²) in [5, 5.41) is 0. The number of piperidine rings is 1. The molecule has 0 aromatic heterocycles. The predicted octanol–water partition coefficient (Wildman–Crippen LogP) is 3.86. The first-order chi connectivity index (χ1) is 9.61. The molecule has 1 heterocycles. The van der Waals surface area contributed by atoms with Crippen LogP contribution in [0.3, 0.4) is 0 Å². The summed E-state index contributed by atoms with van der Waals surface area (Å²) in [5.74, 6) is 0. The van der Waals surface area contributed by atoms with Gasteiger partial charge in [0, 0.05) is 30.2 Å². The van der Waals surface area contributed by atoms with Crippen molar-refractivity contribution in [3.05, 3.63) is 28.2 Å². The Balaban J connectivity index is 2.06. The zero-order valence-corrected chi connectivity index (χ0v) is 14.0. The highest BCUT2D eigenvalue weighted by atomic mass is 79.9. The molecule has 1 aliphatic rings. The van der Waals surface area contributed by atoms with E-state index >= 15 is 0 Å². The topological polar surface area (TPSA) is 38.5 Å². The van der Waals surface area contributed by atoms with Gasteiger partial charge < -0.3 is 15.4 Å². The van der Waals surface area contributed by atoms with E-state index in [1.54, 1.807) is 0 Å². The summed E-state index contributed by atoms with van der Waals surface area (Å²) in [5.41, 5.74) is 8.35. The van der Waals surface area contributed by atoms with Gasteiger partial charge in [-0.3, -0.25) is 0 Å². The second-order valence-electron chi connectivity index (χ2n) is 5.58. The van der Waals surface area contributed by atoms with Gasteiger partial charge in [-0.2, -0.15) is 0 Å². The number of benzene rings is 1. The summed E-state index contributed by atoms with van der Waals surface area (Å²) >= 11 is 3.69. The zero-order valence-electron chi connectivity index (χ0n) is 12.4. The monoisotopic (exact) mass is 340 g/mol. The summed E-state index contributed by atoms with van der Waals surface area (Å²) in [4.78, 5) is 2.42. The molecule has 2 atom stereocenters. The first-order valence-corrected chi connectivity index (χ1v) is 8.32. The van der Waals surface area contributed by atoms with Crippen LogP contribution >= 0.6 is 15.9 Å². The smallest absolute Gasteiger partial charge is 0.0750 e. The van der Waals surface area contributed by atoms with E-state index in [1.807, 2.05) is 6.92 Å². The lowest BCUT2D eigenvalue weighted by atomic mass is 10.1. The Morgan fingerprint density at radius 2 is 2.30 bits per heavy atom. The molecule has 0 saturated carbocycles. The number of nitrogens with two attached hydrogens (primary N) is 1. The second-order valence-corrected chi connectivity index (χ2v) is 6.43. The predicted molar refractivity (Wildman–Crippen MR) is 88.2 cm³/mol. The van der Waals surface area contributed by atoms with Gasteiger partial charge in [0.15, 0.2) is 0 Å². The number of ether oxygens (including phenoxy) is 1. The molecule has 4 heteroatoms. The van der Waals surface area contributed by atoms with Gasteiger partial charge in [-0.1, -0.05) is 13.0 Å². The summed E-state index contributed by atoms with van der Waals surface area (Å²) < 4.78 is 7.04. The fraction of sp³-hybridized carbons (Fsp3) is 0.625. The SMILES string of the molecule is CCCOC1CCCN(c2ccc([C@@H](C)N)cc2Br)C1. The molecular weight excluding hydrogens is 316 g/mol. The van der Waals surface area contributed by atoms with E-state index in [4.69, 9.17) is 10.5 Å². The Morgan fingerprint density at radius 3 is 2.95 bits per heavy atom. The summed E-state index contributed by atoms with van der Waals surface area (Å²) in [6, 6.07) is 6.50. The van der Waals surface area contributed by atoms with Crippen molar-refractivity contribution < 1.29 is 4.74 Å². The molecule has 0 aliphatic carbocycles. The first-order valence-electron chi connectivity index (χ1n) is 7.53. The molecule has 1 aromatic carbocycles. The van der Waals surface area contributed by atoms with Gasteiger partial charge in [-0.05, 0) is 59.8 Å². The Bertz CT molecular complexity index is 436. The van der Waals surface area contributed by atoms with Gasteiger partial charge in [-0.15, -0.1) is 0 Å². The Kier molecular flexibility index (Phi) is 5.87. The van der Waals surface area contributed by atoms with E-state index in [2.05, 4.69) is 46.0 Å². The van der Waals surface area contributed by atoms with Crippen LogP contribution in [0, 0.1) is 0 Å². The van der Waals surface area contributed by atoms with Gasteiger partial charge in [0.25, 0.3) is 0 Å². The standard InChI is InChI=1S/C16H25BrN2O/c1-3-9-20-14-5-4-8-19(11-14)16-7-6-13(12(2)18)10-15(16)17/h6-7,10,12,14H,3-5,8-9,11,18H2,1-2H3/t12-,14?/m1/s1. The molecule has 20 heavy (non-hydrogen) atoms. The third-order valence-electron chi connectivity index (χ3n) is 3.77. The summed E-state index contributed by atoms with van der Waals surface area (Å²) in [6.45, 7) is 7.11. The highest BCUT2D eigenvalue weighted by Crippen LogP contribution is 2.31. The van der Waals surface area contributed by atoms with Crippen LogP contribution < -0.4 is 10.6 Å². The molecule has 0 amide bonds. The first kappa shape index (κ1) is 15.8. The minimum Gasteiger partial charge on any atom is -0.376 e. The van der Waals surface area contributed by atoms with Crippen LogP contribution in [-0.2, 0) is 4.74 Å². The average Bonchev–Trinajstić information content (AvgIpc) is 2.45. The summed E-state index contributed by atoms with van der Waals surface area (Å²) in [7, 11) is 0. The van der Waals surface area contributed by atoms with Gasteiger partial charge in [0.2, 0.25) is 0 Å². The Labute approximate surface area is 130 Å². The fourth-order valence-electron chi connectivity index (χ4n) is 2.64. The van der Waals surface area contributed by atoms with Gasteiger partial charge in [0.05, 0.1) is 11.8 Å². The van der Waals surface area contributed by atoms with E-state index < -0.39 is 0 Å². The molecule has 1 unspecified atom stereocenters. The van der Waals surface area contributed by atoms with Crippen LogP contribution in [0.4, 0.5) is 5.69 Å². The largest absolute Gasteiger partial charge is 0.376 e. The number of hydrogen-bond acceptors (Lipinski definition) is 3. The van der Waals surface area contributed by atoms with Crippen molar-refractivity contribution in [3.63, 3.8) is 0 Å². The molecule has 3 nitrogen and oxygen atoms in total. The quantitative estimate of drug-likeness (QED) is 0.884. The number of anilines is 1. The zero-order chi connectivity index (χ0) is 14.5. The minimum absolute atomic E-state index is 0.0716. The summed E-state index contributed by atoms with van der Waals surface area (Å²) in [6.07, 6.45) is 3.81. The molecular formula is C16H25BrN2O. The van der Waals surface area contributed by atoms with Crippen LogP contribution in [0.5, 0.6) is 0 Å². The molecule has 0 spiro atoms. The highest BCUT2D eigenvalue weighted by molar-refractivity contribution is 9.10. The van der Waals surface area contributed by atoms with E-state index in [9.17, 15) is 0 Å². The van der Waals surface area contributed by atoms with Crippen LogP contribution in [0.2, 0.25) is 0 Å². The van der Waals surface area contributed by atoms with Crippen molar-refractivity contribution in [2.24, 2.45) is 5.73 Å². The van der Waals surface area contributed by atoms with E-state index in [0.29, 0.717) is 6.10 Å². The maximum atomic E-state index is 5.93. The average molecular weight is 341 g/mol. The van der Waals surface area contributed by atoms with Crippen molar-refractivity contribution in [3.8, 4) is 0 Å². The van der Waals surface area contributed by atoms with Gasteiger partial charge in [-0.25, -0.2) is 0 Å². The number of nitrogens with zero attached hydrogens (tertiary/aromatic N) is 1. The van der Waals surface area contributed by atoms with Crippen LogP contribution in [0.25, 0.3) is 0 Å².